The number of piperidine rings is 1. The van der Waals surface area contributed by atoms with Crippen LogP contribution in [0.1, 0.15) is 18.4 Å². The van der Waals surface area contributed by atoms with Gasteiger partial charge in [0.1, 0.15) is 11.6 Å². The molecule has 2 saturated heterocycles. The number of likely N-dealkylation sites (tertiary alicyclic amines) is 1. The van der Waals surface area contributed by atoms with Crippen molar-refractivity contribution in [3.63, 3.8) is 0 Å². The van der Waals surface area contributed by atoms with Crippen LogP contribution in [-0.2, 0) is 16.0 Å². The molecule has 0 saturated carbocycles. The molecule has 3 heterocycles. The molecule has 2 fully saturated rings. The molecule has 0 radical (unpaired) electrons. The van der Waals surface area contributed by atoms with Crippen molar-refractivity contribution in [3.8, 4) is 0 Å². The van der Waals surface area contributed by atoms with Crippen LogP contribution in [0, 0.1) is 5.82 Å². The van der Waals surface area contributed by atoms with Crippen LogP contribution in [0.5, 0.6) is 0 Å². The maximum atomic E-state index is 13.2. The highest BCUT2D eigenvalue weighted by Crippen LogP contribution is 2.33. The van der Waals surface area contributed by atoms with Crippen molar-refractivity contribution in [2.75, 3.05) is 32.8 Å². The van der Waals surface area contributed by atoms with E-state index in [4.69, 9.17) is 15.2 Å². The Labute approximate surface area is 147 Å². The zero-order valence-electron chi connectivity index (χ0n) is 14.3. The third-order valence-electron chi connectivity index (χ3n) is 5.09. The van der Waals surface area contributed by atoms with E-state index in [2.05, 4.69) is 15.9 Å². The zero-order valence-corrected chi connectivity index (χ0v) is 14.3. The lowest BCUT2D eigenvalue weighted by Gasteiger charge is -2.43. The number of benzene rings is 1. The Morgan fingerprint density at radius 3 is 2.40 bits per heavy atom. The lowest BCUT2D eigenvalue weighted by molar-refractivity contribution is -0.184. The summed E-state index contributed by atoms with van der Waals surface area (Å²) in [6.07, 6.45) is 5.79. The molecule has 0 aromatic heterocycles. The number of rotatable bonds is 3. The molecule has 1 aromatic carbocycles. The van der Waals surface area contributed by atoms with Crippen molar-refractivity contribution < 1.29 is 13.9 Å². The van der Waals surface area contributed by atoms with E-state index in [0.717, 1.165) is 43.0 Å². The minimum atomic E-state index is -0.373. The van der Waals surface area contributed by atoms with Gasteiger partial charge >= 0.3 is 0 Å². The van der Waals surface area contributed by atoms with Gasteiger partial charge in [-0.3, -0.25) is 0 Å². The highest BCUT2D eigenvalue weighted by atomic mass is 19.1. The molecule has 3 aliphatic heterocycles. The van der Waals surface area contributed by atoms with Gasteiger partial charge in [-0.05, 0) is 29.8 Å². The largest absolute Gasteiger partial charge is 0.401 e. The van der Waals surface area contributed by atoms with Gasteiger partial charge in [-0.25, -0.2) is 4.39 Å². The molecule has 25 heavy (non-hydrogen) atoms. The van der Waals surface area contributed by atoms with Crippen molar-refractivity contribution in [2.45, 2.75) is 25.2 Å². The lowest BCUT2D eigenvalue weighted by atomic mass is 10.0. The van der Waals surface area contributed by atoms with Crippen LogP contribution < -0.4 is 5.73 Å². The normalized spacial score (nSPS) is 22.9. The fraction of sp³-hybridized carbons (Fsp3) is 0.474. The summed E-state index contributed by atoms with van der Waals surface area (Å²) in [6.45, 7) is 4.55. The van der Waals surface area contributed by atoms with E-state index in [1.54, 1.807) is 0 Å². The first-order valence-electron chi connectivity index (χ1n) is 8.82. The number of halogens is 1. The summed E-state index contributed by atoms with van der Waals surface area (Å²) in [5, 5.41) is 0. The quantitative estimate of drug-likeness (QED) is 0.910. The minimum Gasteiger partial charge on any atom is -0.401 e. The monoisotopic (exact) mass is 345 g/mol. The molecular formula is C19H24FN3O2. The lowest BCUT2D eigenvalue weighted by Crippen LogP contribution is -2.48. The van der Waals surface area contributed by atoms with Crippen molar-refractivity contribution in [2.24, 2.45) is 5.73 Å². The minimum absolute atomic E-state index is 0.213. The second-order valence-corrected chi connectivity index (χ2v) is 6.84. The van der Waals surface area contributed by atoms with Crippen LogP contribution in [0.2, 0.25) is 0 Å². The van der Waals surface area contributed by atoms with Crippen molar-refractivity contribution in [1.29, 1.82) is 0 Å². The fourth-order valence-corrected chi connectivity index (χ4v) is 3.76. The van der Waals surface area contributed by atoms with E-state index < -0.39 is 0 Å². The van der Waals surface area contributed by atoms with E-state index in [-0.39, 0.29) is 11.6 Å². The van der Waals surface area contributed by atoms with Gasteiger partial charge in [-0.1, -0.05) is 12.1 Å². The molecule has 0 amide bonds. The molecule has 1 aromatic rings. The van der Waals surface area contributed by atoms with Gasteiger partial charge in [0.2, 0.25) is 0 Å². The molecule has 134 valence electrons. The maximum Gasteiger partial charge on any atom is 0.171 e. The first kappa shape index (κ1) is 16.4. The van der Waals surface area contributed by atoms with Crippen molar-refractivity contribution in [1.82, 2.24) is 9.80 Å². The molecule has 6 heteroatoms. The summed E-state index contributed by atoms with van der Waals surface area (Å²) >= 11 is 0. The van der Waals surface area contributed by atoms with Crippen LogP contribution in [-0.4, -0.2) is 48.4 Å². The molecule has 2 N–H and O–H groups in total. The van der Waals surface area contributed by atoms with Gasteiger partial charge in [0.15, 0.2) is 5.79 Å². The number of allylic oxidation sites excluding steroid dienone is 2. The van der Waals surface area contributed by atoms with E-state index in [1.165, 1.54) is 12.1 Å². The Morgan fingerprint density at radius 2 is 1.72 bits per heavy atom. The molecule has 0 atom stereocenters. The third kappa shape index (κ3) is 3.50. The average molecular weight is 345 g/mol. The van der Waals surface area contributed by atoms with E-state index in [9.17, 15) is 4.39 Å². The standard InChI is InChI=1S/C19H24FN3O2/c20-16-3-1-15(2-4-16)13-23-14-17(21)5-6-18(23)22-9-7-19(8-10-22)24-11-12-25-19/h1-6H,7-14,21H2. The smallest absolute Gasteiger partial charge is 0.171 e. The second-order valence-electron chi connectivity index (χ2n) is 6.84. The third-order valence-corrected chi connectivity index (χ3v) is 5.09. The Bertz CT molecular complexity index is 670. The molecule has 0 aliphatic carbocycles. The number of nitrogens with zero attached hydrogens (tertiary/aromatic N) is 2. The summed E-state index contributed by atoms with van der Waals surface area (Å²) in [6, 6.07) is 6.66. The summed E-state index contributed by atoms with van der Waals surface area (Å²) < 4.78 is 24.8. The molecule has 4 rings (SSSR count). The predicted molar refractivity (Wildman–Crippen MR) is 92.6 cm³/mol. The molecule has 0 bridgehead atoms. The Morgan fingerprint density at radius 1 is 1.04 bits per heavy atom. The summed E-state index contributed by atoms with van der Waals surface area (Å²) in [5.74, 6) is 0.574. The van der Waals surface area contributed by atoms with E-state index in [1.807, 2.05) is 18.2 Å². The topological polar surface area (TPSA) is 51.0 Å². The van der Waals surface area contributed by atoms with Gasteiger partial charge in [-0.15, -0.1) is 0 Å². The molecule has 5 nitrogen and oxygen atoms in total. The van der Waals surface area contributed by atoms with E-state index >= 15 is 0 Å². The first-order chi connectivity index (χ1) is 12.1. The first-order valence-corrected chi connectivity index (χ1v) is 8.82. The number of hydrogen-bond donors (Lipinski definition) is 1. The van der Waals surface area contributed by atoms with Crippen molar-refractivity contribution >= 4 is 0 Å². The molecule has 1 spiro atoms. The van der Waals surface area contributed by atoms with Gasteiger partial charge in [0.05, 0.1) is 19.8 Å². The molecule has 3 aliphatic rings. The van der Waals surface area contributed by atoms with Gasteiger partial charge in [0, 0.05) is 38.2 Å². The summed E-state index contributed by atoms with van der Waals surface area (Å²) in [4.78, 5) is 4.61. The highest BCUT2D eigenvalue weighted by Gasteiger charge is 2.40. The molecular weight excluding hydrogens is 321 g/mol. The maximum absolute atomic E-state index is 13.2. The van der Waals surface area contributed by atoms with Gasteiger partial charge < -0.3 is 25.0 Å². The van der Waals surface area contributed by atoms with Gasteiger partial charge in [-0.2, -0.15) is 0 Å². The fourth-order valence-electron chi connectivity index (χ4n) is 3.76. The second kappa shape index (κ2) is 6.69. The van der Waals surface area contributed by atoms with Crippen LogP contribution >= 0.6 is 0 Å². The highest BCUT2D eigenvalue weighted by molar-refractivity contribution is 5.25. The number of hydrogen-bond acceptors (Lipinski definition) is 5. The Balaban J connectivity index is 1.47. The summed E-state index contributed by atoms with van der Waals surface area (Å²) in [5.41, 5.74) is 7.95. The van der Waals surface area contributed by atoms with E-state index in [0.29, 0.717) is 26.3 Å². The SMILES string of the molecule is NC1=CC=C(N2CCC3(CC2)OCCO3)N(Cc2ccc(F)cc2)C1. The Kier molecular flexibility index (Phi) is 4.39. The van der Waals surface area contributed by atoms with Gasteiger partial charge in [0.25, 0.3) is 0 Å². The number of ether oxygens (including phenoxy) is 2. The average Bonchev–Trinajstić information content (AvgIpc) is 3.06. The van der Waals surface area contributed by atoms with Crippen LogP contribution in [0.15, 0.2) is 47.9 Å². The number of nitrogens with two attached hydrogens (primary N) is 1. The zero-order chi connectivity index (χ0) is 17.3. The Hall–Kier alpha value is -2.05. The van der Waals surface area contributed by atoms with Crippen LogP contribution in [0.3, 0.4) is 0 Å². The summed E-state index contributed by atoms with van der Waals surface area (Å²) in [7, 11) is 0. The molecule has 0 unspecified atom stereocenters. The van der Waals surface area contributed by atoms with Crippen molar-refractivity contribution in [3.05, 3.63) is 59.3 Å². The van der Waals surface area contributed by atoms with Crippen LogP contribution in [0.25, 0.3) is 0 Å². The van der Waals surface area contributed by atoms with Crippen LogP contribution in [0.4, 0.5) is 4.39 Å². The predicted octanol–water partition coefficient (Wildman–Crippen LogP) is 2.16.